The number of hydrogen-bond acceptors (Lipinski definition) is 2. The van der Waals surface area contributed by atoms with E-state index in [1.54, 1.807) is 6.92 Å². The van der Waals surface area contributed by atoms with Crippen molar-refractivity contribution in [1.29, 1.82) is 0 Å². The summed E-state index contributed by atoms with van der Waals surface area (Å²) in [5.74, 6) is -1.05. The Morgan fingerprint density at radius 1 is 1.27 bits per heavy atom. The zero-order valence-electron chi connectivity index (χ0n) is 8.69. The Balaban J connectivity index is 2.57. The molecule has 0 aliphatic carbocycles. The van der Waals surface area contributed by atoms with Crippen molar-refractivity contribution in [3.8, 4) is 0 Å². The van der Waals surface area contributed by atoms with Gasteiger partial charge in [-0.15, -0.1) is 0 Å². The standard InChI is InChI=1S/C11H15F2NO/c1-8-5-9(7-14-3-2-4-15)11(13)6-10(8)12/h5-6,14-15H,2-4,7H2,1H3. The third-order valence-electron chi connectivity index (χ3n) is 2.15. The van der Waals surface area contributed by atoms with Crippen molar-refractivity contribution in [3.63, 3.8) is 0 Å². The summed E-state index contributed by atoms with van der Waals surface area (Å²) in [7, 11) is 0. The number of aryl methyl sites for hydroxylation is 1. The van der Waals surface area contributed by atoms with Crippen LogP contribution in [0.4, 0.5) is 8.78 Å². The van der Waals surface area contributed by atoms with E-state index >= 15 is 0 Å². The van der Waals surface area contributed by atoms with E-state index in [9.17, 15) is 8.78 Å². The van der Waals surface area contributed by atoms with E-state index < -0.39 is 11.6 Å². The number of nitrogens with one attached hydrogen (secondary N) is 1. The number of hydrogen-bond donors (Lipinski definition) is 2. The SMILES string of the molecule is Cc1cc(CNCCCO)c(F)cc1F. The monoisotopic (exact) mass is 215 g/mol. The van der Waals surface area contributed by atoms with Gasteiger partial charge >= 0.3 is 0 Å². The van der Waals surface area contributed by atoms with Crippen LogP contribution in [0.3, 0.4) is 0 Å². The molecule has 0 amide bonds. The molecular weight excluding hydrogens is 200 g/mol. The normalized spacial score (nSPS) is 10.7. The predicted molar refractivity (Wildman–Crippen MR) is 54.5 cm³/mol. The highest BCUT2D eigenvalue weighted by molar-refractivity contribution is 5.25. The second-order valence-corrected chi connectivity index (χ2v) is 3.45. The highest BCUT2D eigenvalue weighted by atomic mass is 19.1. The molecule has 0 aliphatic heterocycles. The van der Waals surface area contributed by atoms with Crippen LogP contribution in [0.1, 0.15) is 17.5 Å². The molecule has 0 aliphatic rings. The van der Waals surface area contributed by atoms with Gasteiger partial charge in [-0.1, -0.05) is 0 Å². The summed E-state index contributed by atoms with van der Waals surface area (Å²) in [4.78, 5) is 0. The van der Waals surface area contributed by atoms with Gasteiger partial charge in [0.1, 0.15) is 11.6 Å². The molecule has 0 aromatic heterocycles. The molecule has 84 valence electrons. The maximum atomic E-state index is 13.2. The molecule has 0 bridgehead atoms. The summed E-state index contributed by atoms with van der Waals surface area (Å²) in [5, 5.41) is 11.5. The van der Waals surface area contributed by atoms with Gasteiger partial charge in [0.25, 0.3) is 0 Å². The molecule has 0 spiro atoms. The Morgan fingerprint density at radius 2 is 2.00 bits per heavy atom. The van der Waals surface area contributed by atoms with E-state index in [2.05, 4.69) is 5.32 Å². The van der Waals surface area contributed by atoms with Crippen LogP contribution in [0.2, 0.25) is 0 Å². The first-order chi connectivity index (χ1) is 7.15. The van der Waals surface area contributed by atoms with E-state index in [1.165, 1.54) is 6.07 Å². The van der Waals surface area contributed by atoms with E-state index in [0.717, 1.165) is 6.07 Å². The summed E-state index contributed by atoms with van der Waals surface area (Å²) in [6.45, 7) is 2.68. The number of aliphatic hydroxyl groups is 1. The number of benzene rings is 1. The molecule has 1 aromatic carbocycles. The highest BCUT2D eigenvalue weighted by Crippen LogP contribution is 2.13. The molecule has 4 heteroatoms. The largest absolute Gasteiger partial charge is 0.396 e. The first-order valence-electron chi connectivity index (χ1n) is 4.91. The minimum atomic E-state index is -0.533. The van der Waals surface area contributed by atoms with E-state index in [4.69, 9.17) is 5.11 Å². The van der Waals surface area contributed by atoms with E-state index in [1.807, 2.05) is 0 Å². The Kier molecular flexibility index (Phi) is 4.65. The molecule has 0 fully saturated rings. The van der Waals surface area contributed by atoms with Gasteiger partial charge < -0.3 is 10.4 Å². The van der Waals surface area contributed by atoms with Crippen LogP contribution >= 0.6 is 0 Å². The fraction of sp³-hybridized carbons (Fsp3) is 0.455. The van der Waals surface area contributed by atoms with Crippen molar-refractivity contribution in [2.75, 3.05) is 13.2 Å². The van der Waals surface area contributed by atoms with Crippen LogP contribution in [0.25, 0.3) is 0 Å². The Labute approximate surface area is 87.9 Å². The van der Waals surface area contributed by atoms with Gasteiger partial charge in [0, 0.05) is 24.8 Å². The van der Waals surface area contributed by atoms with Crippen molar-refractivity contribution < 1.29 is 13.9 Å². The molecule has 2 N–H and O–H groups in total. The molecule has 2 nitrogen and oxygen atoms in total. The second-order valence-electron chi connectivity index (χ2n) is 3.45. The van der Waals surface area contributed by atoms with Gasteiger partial charge in [-0.2, -0.15) is 0 Å². The first-order valence-corrected chi connectivity index (χ1v) is 4.91. The lowest BCUT2D eigenvalue weighted by atomic mass is 10.1. The Bertz CT molecular complexity index is 329. The van der Waals surface area contributed by atoms with Gasteiger partial charge in [-0.3, -0.25) is 0 Å². The van der Waals surface area contributed by atoms with E-state index in [0.29, 0.717) is 30.6 Å². The molecule has 15 heavy (non-hydrogen) atoms. The van der Waals surface area contributed by atoms with Crippen LogP contribution < -0.4 is 5.32 Å². The van der Waals surface area contributed by atoms with Crippen LogP contribution in [-0.2, 0) is 6.54 Å². The Hall–Kier alpha value is -1.00. The van der Waals surface area contributed by atoms with Crippen LogP contribution in [0, 0.1) is 18.6 Å². The number of aliphatic hydroxyl groups excluding tert-OH is 1. The van der Waals surface area contributed by atoms with Crippen molar-refractivity contribution in [2.45, 2.75) is 19.9 Å². The van der Waals surface area contributed by atoms with Crippen molar-refractivity contribution in [1.82, 2.24) is 5.32 Å². The molecule has 0 unspecified atom stereocenters. The topological polar surface area (TPSA) is 32.3 Å². The molecule has 0 saturated carbocycles. The fourth-order valence-corrected chi connectivity index (χ4v) is 1.28. The fourth-order valence-electron chi connectivity index (χ4n) is 1.28. The minimum Gasteiger partial charge on any atom is -0.396 e. The number of rotatable bonds is 5. The molecule has 0 atom stereocenters. The van der Waals surface area contributed by atoms with Crippen LogP contribution in [0.15, 0.2) is 12.1 Å². The lowest BCUT2D eigenvalue weighted by Gasteiger charge is -2.07. The maximum absolute atomic E-state index is 13.2. The molecular formula is C11H15F2NO. The van der Waals surface area contributed by atoms with Crippen LogP contribution in [0.5, 0.6) is 0 Å². The maximum Gasteiger partial charge on any atom is 0.130 e. The quantitative estimate of drug-likeness (QED) is 0.733. The second kappa shape index (κ2) is 5.78. The number of halogens is 2. The summed E-state index contributed by atoms with van der Waals surface area (Å²) in [5.41, 5.74) is 0.891. The third-order valence-corrected chi connectivity index (χ3v) is 2.15. The zero-order chi connectivity index (χ0) is 11.3. The summed E-state index contributed by atoms with van der Waals surface area (Å²) in [6.07, 6.45) is 0.627. The summed E-state index contributed by atoms with van der Waals surface area (Å²) < 4.78 is 26.1. The third kappa shape index (κ3) is 3.57. The average molecular weight is 215 g/mol. The smallest absolute Gasteiger partial charge is 0.130 e. The molecule has 0 heterocycles. The van der Waals surface area contributed by atoms with Gasteiger partial charge in [0.15, 0.2) is 0 Å². The van der Waals surface area contributed by atoms with Gasteiger partial charge in [-0.05, 0) is 31.5 Å². The first kappa shape index (κ1) is 12.1. The zero-order valence-corrected chi connectivity index (χ0v) is 8.69. The summed E-state index contributed by atoms with van der Waals surface area (Å²) in [6, 6.07) is 2.40. The van der Waals surface area contributed by atoms with Gasteiger partial charge in [0.2, 0.25) is 0 Å². The van der Waals surface area contributed by atoms with Gasteiger partial charge in [0.05, 0.1) is 0 Å². The average Bonchev–Trinajstić information content (AvgIpc) is 2.20. The molecule has 1 rings (SSSR count). The van der Waals surface area contributed by atoms with Crippen LogP contribution in [-0.4, -0.2) is 18.3 Å². The summed E-state index contributed by atoms with van der Waals surface area (Å²) >= 11 is 0. The van der Waals surface area contributed by atoms with Crippen molar-refractivity contribution in [3.05, 3.63) is 34.9 Å². The highest BCUT2D eigenvalue weighted by Gasteiger charge is 2.06. The molecule has 1 aromatic rings. The van der Waals surface area contributed by atoms with E-state index in [-0.39, 0.29) is 6.61 Å². The predicted octanol–water partition coefficient (Wildman–Crippen LogP) is 1.75. The lowest BCUT2D eigenvalue weighted by Crippen LogP contribution is -2.16. The van der Waals surface area contributed by atoms with Gasteiger partial charge in [-0.25, -0.2) is 8.78 Å². The molecule has 0 saturated heterocycles. The van der Waals surface area contributed by atoms with Crippen molar-refractivity contribution in [2.24, 2.45) is 0 Å². The molecule has 0 radical (unpaired) electrons. The van der Waals surface area contributed by atoms with Crippen molar-refractivity contribution >= 4 is 0 Å². The minimum absolute atomic E-state index is 0.109. The lowest BCUT2D eigenvalue weighted by molar-refractivity contribution is 0.286. The Morgan fingerprint density at radius 3 is 2.67 bits per heavy atom.